The highest BCUT2D eigenvalue weighted by atomic mass is 16.5. The van der Waals surface area contributed by atoms with E-state index < -0.39 is 0 Å². The maximum atomic E-state index is 12.2. The monoisotopic (exact) mass is 342 g/mol. The van der Waals surface area contributed by atoms with Crippen LogP contribution in [0.2, 0.25) is 0 Å². The molecule has 0 saturated carbocycles. The number of hydrogen-bond acceptors (Lipinski definition) is 4. The molecule has 0 heterocycles. The Kier molecular flexibility index (Phi) is 7.14. The van der Waals surface area contributed by atoms with Crippen molar-refractivity contribution in [3.8, 4) is 11.5 Å². The number of nitrogens with one attached hydrogen (secondary N) is 2. The Morgan fingerprint density at radius 3 is 2.68 bits per heavy atom. The molecule has 2 aromatic rings. The summed E-state index contributed by atoms with van der Waals surface area (Å²) in [6.45, 7) is 6.80. The van der Waals surface area contributed by atoms with Crippen molar-refractivity contribution in [2.45, 2.75) is 33.3 Å². The van der Waals surface area contributed by atoms with Gasteiger partial charge < -0.3 is 20.1 Å². The van der Waals surface area contributed by atoms with Crippen molar-refractivity contribution in [1.29, 1.82) is 0 Å². The van der Waals surface area contributed by atoms with Crippen molar-refractivity contribution in [2.75, 3.05) is 23.8 Å². The molecule has 0 aliphatic heterocycles. The van der Waals surface area contributed by atoms with Crippen LogP contribution in [-0.2, 0) is 4.79 Å². The van der Waals surface area contributed by atoms with Crippen molar-refractivity contribution >= 4 is 17.3 Å². The maximum Gasteiger partial charge on any atom is 0.243 e. The quantitative estimate of drug-likeness (QED) is 0.713. The molecule has 0 aromatic heterocycles. The number of anilines is 2. The Balaban J connectivity index is 1.91. The Morgan fingerprint density at radius 1 is 1.12 bits per heavy atom. The first-order valence-electron chi connectivity index (χ1n) is 8.60. The Morgan fingerprint density at radius 2 is 1.92 bits per heavy atom. The second-order valence-corrected chi connectivity index (χ2v) is 5.94. The molecule has 25 heavy (non-hydrogen) atoms. The van der Waals surface area contributed by atoms with Gasteiger partial charge in [0.2, 0.25) is 5.91 Å². The lowest BCUT2D eigenvalue weighted by molar-refractivity contribution is -0.114. The van der Waals surface area contributed by atoms with Crippen LogP contribution < -0.4 is 20.1 Å². The first kappa shape index (κ1) is 18.6. The molecule has 1 amide bonds. The minimum atomic E-state index is -0.139. The van der Waals surface area contributed by atoms with Gasteiger partial charge in [-0.25, -0.2) is 0 Å². The number of carbonyl (C=O) groups excluding carboxylic acids is 1. The van der Waals surface area contributed by atoms with E-state index in [4.69, 9.17) is 9.47 Å². The standard InChI is InChI=1S/C20H26N2O3/c1-4-12-24-17-9-7-8-16(13-17)21-14-20(23)22-18-10-5-6-11-19(18)25-15(2)3/h5-11,13,15,21H,4,12,14H2,1-3H3,(H,22,23). The van der Waals surface area contributed by atoms with Crippen molar-refractivity contribution < 1.29 is 14.3 Å². The molecular formula is C20H26N2O3. The third kappa shape index (κ3) is 6.37. The number of amides is 1. The topological polar surface area (TPSA) is 59.6 Å². The van der Waals surface area contributed by atoms with E-state index in [1.807, 2.05) is 62.4 Å². The number of hydrogen-bond donors (Lipinski definition) is 2. The van der Waals surface area contributed by atoms with Crippen LogP contribution in [0.1, 0.15) is 27.2 Å². The summed E-state index contributed by atoms with van der Waals surface area (Å²) in [5.41, 5.74) is 1.51. The van der Waals surface area contributed by atoms with Gasteiger partial charge in [0.15, 0.2) is 0 Å². The van der Waals surface area contributed by atoms with Crippen LogP contribution in [0.5, 0.6) is 11.5 Å². The molecule has 0 radical (unpaired) electrons. The average molecular weight is 342 g/mol. The summed E-state index contributed by atoms with van der Waals surface area (Å²) in [6.07, 6.45) is 1.000. The first-order valence-corrected chi connectivity index (χ1v) is 8.60. The number of benzene rings is 2. The molecule has 5 nitrogen and oxygen atoms in total. The Labute approximate surface area is 149 Å². The SMILES string of the molecule is CCCOc1cccc(NCC(=O)Nc2ccccc2OC(C)C)c1. The van der Waals surface area contributed by atoms with Crippen LogP contribution in [0, 0.1) is 0 Å². The zero-order valence-electron chi connectivity index (χ0n) is 15.0. The van der Waals surface area contributed by atoms with E-state index in [-0.39, 0.29) is 18.6 Å². The molecule has 0 fully saturated rings. The minimum Gasteiger partial charge on any atom is -0.494 e. The van der Waals surface area contributed by atoms with Gasteiger partial charge in [0.05, 0.1) is 24.9 Å². The third-order valence-electron chi connectivity index (χ3n) is 3.28. The fourth-order valence-corrected chi connectivity index (χ4v) is 2.22. The van der Waals surface area contributed by atoms with Gasteiger partial charge >= 0.3 is 0 Å². The zero-order valence-corrected chi connectivity index (χ0v) is 15.0. The fourth-order valence-electron chi connectivity index (χ4n) is 2.22. The molecule has 0 saturated heterocycles. The summed E-state index contributed by atoms with van der Waals surface area (Å²) >= 11 is 0. The van der Waals surface area contributed by atoms with Crippen LogP contribution in [0.3, 0.4) is 0 Å². The van der Waals surface area contributed by atoms with E-state index in [0.717, 1.165) is 17.9 Å². The summed E-state index contributed by atoms with van der Waals surface area (Å²) in [4.78, 5) is 12.2. The van der Waals surface area contributed by atoms with Crippen LogP contribution in [0.25, 0.3) is 0 Å². The molecule has 2 aromatic carbocycles. The van der Waals surface area contributed by atoms with E-state index in [9.17, 15) is 4.79 Å². The molecular weight excluding hydrogens is 316 g/mol. The van der Waals surface area contributed by atoms with Crippen LogP contribution in [-0.4, -0.2) is 25.2 Å². The van der Waals surface area contributed by atoms with Gasteiger partial charge in [0.1, 0.15) is 11.5 Å². The minimum absolute atomic E-state index is 0.0436. The summed E-state index contributed by atoms with van der Waals surface area (Å²) in [5.74, 6) is 1.32. The second-order valence-electron chi connectivity index (χ2n) is 5.94. The lowest BCUT2D eigenvalue weighted by atomic mass is 10.2. The van der Waals surface area contributed by atoms with Gasteiger partial charge in [-0.1, -0.05) is 25.1 Å². The summed E-state index contributed by atoms with van der Waals surface area (Å²) in [7, 11) is 0. The molecule has 0 aliphatic carbocycles. The smallest absolute Gasteiger partial charge is 0.243 e. The molecule has 0 atom stereocenters. The molecule has 2 N–H and O–H groups in total. The van der Waals surface area contributed by atoms with Crippen molar-refractivity contribution in [3.63, 3.8) is 0 Å². The number of carbonyl (C=O) groups is 1. The van der Waals surface area contributed by atoms with Gasteiger partial charge in [-0.05, 0) is 44.5 Å². The van der Waals surface area contributed by atoms with E-state index >= 15 is 0 Å². The van der Waals surface area contributed by atoms with E-state index in [1.165, 1.54) is 0 Å². The number of ether oxygens (including phenoxy) is 2. The van der Waals surface area contributed by atoms with Crippen molar-refractivity contribution in [3.05, 3.63) is 48.5 Å². The van der Waals surface area contributed by atoms with Crippen molar-refractivity contribution in [1.82, 2.24) is 0 Å². The molecule has 5 heteroatoms. The van der Waals surface area contributed by atoms with Crippen LogP contribution in [0.15, 0.2) is 48.5 Å². The molecule has 0 unspecified atom stereocenters. The predicted octanol–water partition coefficient (Wildman–Crippen LogP) is 4.31. The first-order chi connectivity index (χ1) is 12.1. The van der Waals surface area contributed by atoms with Crippen LogP contribution in [0.4, 0.5) is 11.4 Å². The fraction of sp³-hybridized carbons (Fsp3) is 0.350. The molecule has 0 aliphatic rings. The number of rotatable bonds is 9. The van der Waals surface area contributed by atoms with Gasteiger partial charge in [0.25, 0.3) is 0 Å². The van der Waals surface area contributed by atoms with Gasteiger partial charge in [-0.3, -0.25) is 4.79 Å². The third-order valence-corrected chi connectivity index (χ3v) is 3.28. The highest BCUT2D eigenvalue weighted by Crippen LogP contribution is 2.24. The van der Waals surface area contributed by atoms with E-state index in [1.54, 1.807) is 0 Å². The maximum absolute atomic E-state index is 12.2. The largest absolute Gasteiger partial charge is 0.494 e. The van der Waals surface area contributed by atoms with E-state index in [0.29, 0.717) is 18.0 Å². The molecule has 0 bridgehead atoms. The normalized spacial score (nSPS) is 10.4. The van der Waals surface area contributed by atoms with E-state index in [2.05, 4.69) is 17.6 Å². The highest BCUT2D eigenvalue weighted by Gasteiger charge is 2.09. The molecule has 2 rings (SSSR count). The summed E-state index contributed by atoms with van der Waals surface area (Å²) < 4.78 is 11.3. The Bertz CT molecular complexity index is 686. The highest BCUT2D eigenvalue weighted by molar-refractivity contribution is 5.95. The zero-order chi connectivity index (χ0) is 18.1. The predicted molar refractivity (Wildman–Crippen MR) is 102 cm³/mol. The van der Waals surface area contributed by atoms with Crippen LogP contribution >= 0.6 is 0 Å². The molecule has 0 spiro atoms. The Hall–Kier alpha value is -2.69. The summed E-state index contributed by atoms with van der Waals surface area (Å²) in [5, 5.41) is 5.99. The average Bonchev–Trinajstić information content (AvgIpc) is 2.60. The second kappa shape index (κ2) is 9.57. The van der Waals surface area contributed by atoms with Gasteiger partial charge in [-0.2, -0.15) is 0 Å². The lowest BCUT2D eigenvalue weighted by Crippen LogP contribution is -2.22. The number of para-hydroxylation sites is 2. The summed E-state index contributed by atoms with van der Waals surface area (Å²) in [6, 6.07) is 15.0. The molecule has 134 valence electrons. The van der Waals surface area contributed by atoms with Gasteiger partial charge in [-0.15, -0.1) is 0 Å². The van der Waals surface area contributed by atoms with Crippen molar-refractivity contribution in [2.24, 2.45) is 0 Å². The van der Waals surface area contributed by atoms with Gasteiger partial charge in [0, 0.05) is 11.8 Å². The lowest BCUT2D eigenvalue weighted by Gasteiger charge is -2.15.